The summed E-state index contributed by atoms with van der Waals surface area (Å²) < 4.78 is 5.16. The van der Waals surface area contributed by atoms with Crippen LogP contribution in [0.15, 0.2) is 30.3 Å². The van der Waals surface area contributed by atoms with E-state index < -0.39 is 11.8 Å². The molecule has 0 aliphatic heterocycles. The van der Waals surface area contributed by atoms with Crippen molar-refractivity contribution in [1.82, 2.24) is 10.9 Å². The molecule has 6 N–H and O–H groups in total. The minimum absolute atomic E-state index is 0.285. The van der Waals surface area contributed by atoms with Gasteiger partial charge < -0.3 is 4.74 Å². The summed E-state index contributed by atoms with van der Waals surface area (Å²) in [5.74, 6) is 9.74. The van der Waals surface area contributed by atoms with Gasteiger partial charge in [0.1, 0.15) is 5.75 Å². The third kappa shape index (κ3) is 2.40. The van der Waals surface area contributed by atoms with E-state index in [4.69, 9.17) is 16.4 Å². The van der Waals surface area contributed by atoms with Crippen LogP contribution < -0.4 is 27.3 Å². The van der Waals surface area contributed by atoms with Crippen LogP contribution in [0.25, 0.3) is 10.8 Å². The summed E-state index contributed by atoms with van der Waals surface area (Å²) in [6, 6.07) is 8.30. The third-order valence-corrected chi connectivity index (χ3v) is 2.93. The average Bonchev–Trinajstić information content (AvgIpc) is 2.51. The van der Waals surface area contributed by atoms with Gasteiger partial charge in [-0.1, -0.05) is 6.07 Å². The molecular weight excluding hydrogens is 260 g/mol. The number of hydrogen-bond donors (Lipinski definition) is 4. The number of nitrogens with two attached hydrogens (primary N) is 2. The zero-order valence-corrected chi connectivity index (χ0v) is 10.8. The molecule has 0 fully saturated rings. The monoisotopic (exact) mass is 274 g/mol. The van der Waals surface area contributed by atoms with Crippen LogP contribution in [0.5, 0.6) is 5.75 Å². The van der Waals surface area contributed by atoms with Gasteiger partial charge >= 0.3 is 0 Å². The number of fused-ring (bicyclic) bond motifs is 1. The van der Waals surface area contributed by atoms with Gasteiger partial charge in [-0.05, 0) is 35.0 Å². The molecule has 0 saturated heterocycles. The Balaban J connectivity index is 2.63. The number of hydrazine groups is 2. The Morgan fingerprint density at radius 2 is 1.70 bits per heavy atom. The molecule has 0 heterocycles. The lowest BCUT2D eigenvalue weighted by molar-refractivity contribution is 0.0944. The van der Waals surface area contributed by atoms with Crippen LogP contribution in [-0.4, -0.2) is 18.9 Å². The molecule has 0 aliphatic rings. The molecule has 20 heavy (non-hydrogen) atoms. The Morgan fingerprint density at radius 1 is 1.00 bits per heavy atom. The molecule has 2 aromatic rings. The Morgan fingerprint density at radius 3 is 2.30 bits per heavy atom. The maximum absolute atomic E-state index is 11.7. The van der Waals surface area contributed by atoms with E-state index >= 15 is 0 Å². The maximum Gasteiger partial charge on any atom is 0.268 e. The minimum atomic E-state index is -0.475. The predicted molar refractivity (Wildman–Crippen MR) is 73.8 cm³/mol. The molecule has 2 rings (SSSR count). The Kier molecular flexibility index (Phi) is 3.83. The lowest BCUT2D eigenvalue weighted by Crippen LogP contribution is -2.30. The Labute approximate surface area is 114 Å². The molecule has 2 aromatic carbocycles. The largest absolute Gasteiger partial charge is 0.496 e. The number of carbonyl (C=O) groups excluding carboxylic acids is 2. The van der Waals surface area contributed by atoms with Gasteiger partial charge in [-0.25, -0.2) is 11.7 Å². The second-order valence-electron chi connectivity index (χ2n) is 4.06. The fourth-order valence-corrected chi connectivity index (χ4v) is 1.93. The van der Waals surface area contributed by atoms with Gasteiger partial charge in [0.25, 0.3) is 11.8 Å². The van der Waals surface area contributed by atoms with E-state index in [0.29, 0.717) is 16.7 Å². The number of ether oxygens (including phenoxy) is 1. The first kappa shape index (κ1) is 13.8. The number of benzene rings is 2. The second-order valence-corrected chi connectivity index (χ2v) is 4.06. The molecule has 7 heteroatoms. The van der Waals surface area contributed by atoms with Crippen molar-refractivity contribution >= 4 is 22.6 Å². The van der Waals surface area contributed by atoms with Gasteiger partial charge in [-0.3, -0.25) is 20.4 Å². The van der Waals surface area contributed by atoms with Gasteiger partial charge in [-0.15, -0.1) is 0 Å². The molecular formula is C13H14N4O3. The zero-order chi connectivity index (χ0) is 14.7. The van der Waals surface area contributed by atoms with Gasteiger partial charge in [-0.2, -0.15) is 0 Å². The summed E-state index contributed by atoms with van der Waals surface area (Å²) in [4.78, 5) is 23.2. The zero-order valence-electron chi connectivity index (χ0n) is 10.8. The molecule has 0 spiro atoms. The minimum Gasteiger partial charge on any atom is -0.496 e. The number of rotatable bonds is 3. The molecule has 0 atom stereocenters. The summed E-state index contributed by atoms with van der Waals surface area (Å²) in [6.45, 7) is 0. The summed E-state index contributed by atoms with van der Waals surface area (Å²) >= 11 is 0. The molecule has 0 aliphatic carbocycles. The smallest absolute Gasteiger partial charge is 0.268 e. The highest BCUT2D eigenvalue weighted by Crippen LogP contribution is 2.26. The topological polar surface area (TPSA) is 119 Å². The summed E-state index contributed by atoms with van der Waals surface area (Å²) in [6.07, 6.45) is 0. The van der Waals surface area contributed by atoms with E-state index in [-0.39, 0.29) is 5.56 Å². The number of nitrogens with one attached hydrogen (secondary N) is 2. The molecule has 2 amide bonds. The van der Waals surface area contributed by atoms with Crippen molar-refractivity contribution in [2.45, 2.75) is 0 Å². The van der Waals surface area contributed by atoms with Crippen molar-refractivity contribution in [3.8, 4) is 5.75 Å². The van der Waals surface area contributed by atoms with Crippen LogP contribution in [0.2, 0.25) is 0 Å². The highest BCUT2D eigenvalue weighted by Gasteiger charge is 2.13. The second kappa shape index (κ2) is 5.55. The lowest BCUT2D eigenvalue weighted by Gasteiger charge is -2.10. The van der Waals surface area contributed by atoms with Crippen molar-refractivity contribution < 1.29 is 14.3 Å². The Bertz CT molecular complexity index is 685. The standard InChI is InChI=1S/C13H14N4O3/c1-20-11-6-7-2-3-8(12(18)16-14)4-9(7)5-10(11)13(19)17-15/h2-6H,14-15H2,1H3,(H,16,18)(H,17,19). The van der Waals surface area contributed by atoms with Crippen LogP contribution >= 0.6 is 0 Å². The van der Waals surface area contributed by atoms with Crippen LogP contribution in [0, 0.1) is 0 Å². The summed E-state index contributed by atoms with van der Waals surface area (Å²) in [5.41, 5.74) is 4.78. The number of amides is 2. The summed E-state index contributed by atoms with van der Waals surface area (Å²) in [7, 11) is 1.46. The third-order valence-electron chi connectivity index (χ3n) is 2.93. The maximum atomic E-state index is 11.7. The van der Waals surface area contributed by atoms with Crippen molar-refractivity contribution in [3.63, 3.8) is 0 Å². The molecule has 0 radical (unpaired) electrons. The van der Waals surface area contributed by atoms with E-state index in [1.807, 2.05) is 0 Å². The average molecular weight is 274 g/mol. The first-order valence-corrected chi connectivity index (χ1v) is 5.74. The van der Waals surface area contributed by atoms with Crippen LogP contribution in [0.1, 0.15) is 20.7 Å². The first-order chi connectivity index (χ1) is 9.60. The normalized spacial score (nSPS) is 10.2. The van der Waals surface area contributed by atoms with Gasteiger partial charge in [0.15, 0.2) is 0 Å². The highest BCUT2D eigenvalue weighted by molar-refractivity contribution is 6.03. The van der Waals surface area contributed by atoms with Crippen molar-refractivity contribution in [3.05, 3.63) is 41.5 Å². The molecule has 7 nitrogen and oxygen atoms in total. The van der Waals surface area contributed by atoms with E-state index in [9.17, 15) is 9.59 Å². The SMILES string of the molecule is COc1cc2ccc(C(=O)NN)cc2cc1C(=O)NN. The first-order valence-electron chi connectivity index (χ1n) is 5.74. The quantitative estimate of drug-likeness (QED) is 0.358. The molecule has 0 saturated carbocycles. The molecule has 0 unspecified atom stereocenters. The van der Waals surface area contributed by atoms with Gasteiger partial charge in [0.2, 0.25) is 0 Å². The highest BCUT2D eigenvalue weighted by atomic mass is 16.5. The van der Waals surface area contributed by atoms with Crippen LogP contribution in [0.4, 0.5) is 0 Å². The Hall–Kier alpha value is -2.64. The van der Waals surface area contributed by atoms with Gasteiger partial charge in [0.05, 0.1) is 12.7 Å². The van der Waals surface area contributed by atoms with E-state index in [1.165, 1.54) is 7.11 Å². The number of carbonyl (C=O) groups is 2. The number of hydrogen-bond acceptors (Lipinski definition) is 5. The molecule has 0 bridgehead atoms. The van der Waals surface area contributed by atoms with Crippen LogP contribution in [-0.2, 0) is 0 Å². The van der Waals surface area contributed by atoms with Crippen molar-refractivity contribution in [2.24, 2.45) is 11.7 Å². The summed E-state index contributed by atoms with van der Waals surface area (Å²) in [5, 5.41) is 1.52. The van der Waals surface area contributed by atoms with E-state index in [0.717, 1.165) is 5.39 Å². The fraction of sp³-hybridized carbons (Fsp3) is 0.0769. The fourth-order valence-electron chi connectivity index (χ4n) is 1.93. The van der Waals surface area contributed by atoms with Gasteiger partial charge in [0, 0.05) is 5.56 Å². The predicted octanol–water partition coefficient (Wildman–Crippen LogP) is 0.0554. The number of methoxy groups -OCH3 is 1. The molecule has 0 aromatic heterocycles. The van der Waals surface area contributed by atoms with Crippen LogP contribution in [0.3, 0.4) is 0 Å². The number of nitrogen functional groups attached to an aromatic ring is 2. The lowest BCUT2D eigenvalue weighted by atomic mass is 10.0. The van der Waals surface area contributed by atoms with Crippen molar-refractivity contribution in [2.75, 3.05) is 7.11 Å². The molecule has 104 valence electrons. The van der Waals surface area contributed by atoms with Crippen molar-refractivity contribution in [1.29, 1.82) is 0 Å². The van der Waals surface area contributed by atoms with E-state index in [1.54, 1.807) is 30.3 Å². The van der Waals surface area contributed by atoms with E-state index in [2.05, 4.69) is 10.9 Å².